The van der Waals surface area contributed by atoms with E-state index >= 15 is 0 Å². The van der Waals surface area contributed by atoms with Gasteiger partial charge in [0.2, 0.25) is 0 Å². The number of carbonyl (C=O) groups excluding carboxylic acids is 2. The molecule has 3 aromatic carbocycles. The Morgan fingerprint density at radius 2 is 1.53 bits per heavy atom. The van der Waals surface area contributed by atoms with Gasteiger partial charge in [0, 0.05) is 16.8 Å². The third-order valence-corrected chi connectivity index (χ3v) is 4.90. The highest BCUT2D eigenvalue weighted by atomic mass is 16.5. The number of hydrogen-bond donors (Lipinski definition) is 2. The minimum absolute atomic E-state index is 0.284. The Balaban J connectivity index is 1.48. The van der Waals surface area contributed by atoms with Crippen molar-refractivity contribution in [3.8, 4) is 17.0 Å². The van der Waals surface area contributed by atoms with Crippen LogP contribution >= 0.6 is 0 Å². The summed E-state index contributed by atoms with van der Waals surface area (Å²) in [6.07, 6.45) is 0. The molecule has 4 rings (SSSR count). The lowest BCUT2D eigenvalue weighted by atomic mass is 10.1. The summed E-state index contributed by atoms with van der Waals surface area (Å²) in [7, 11) is 1.54. The molecule has 0 atom stereocenters. The van der Waals surface area contributed by atoms with Gasteiger partial charge in [-0.2, -0.15) is 0 Å². The van der Waals surface area contributed by atoms with Crippen LogP contribution in [0.15, 0.2) is 83.4 Å². The molecule has 0 aliphatic heterocycles. The summed E-state index contributed by atoms with van der Waals surface area (Å²) < 4.78 is 10.5. The van der Waals surface area contributed by atoms with E-state index in [0.717, 1.165) is 5.56 Å². The van der Waals surface area contributed by atoms with Crippen molar-refractivity contribution < 1.29 is 18.8 Å². The van der Waals surface area contributed by atoms with E-state index in [1.165, 1.54) is 0 Å². The minimum Gasteiger partial charge on any atom is -0.495 e. The minimum atomic E-state index is -0.339. The van der Waals surface area contributed by atoms with Crippen molar-refractivity contribution in [2.75, 3.05) is 17.7 Å². The quantitative estimate of drug-likeness (QED) is 0.443. The van der Waals surface area contributed by atoms with Gasteiger partial charge >= 0.3 is 0 Å². The first-order valence-electron chi connectivity index (χ1n) is 9.94. The van der Waals surface area contributed by atoms with Crippen LogP contribution in [0.5, 0.6) is 5.75 Å². The van der Waals surface area contributed by atoms with Crippen molar-refractivity contribution in [2.45, 2.75) is 6.92 Å². The van der Waals surface area contributed by atoms with Crippen molar-refractivity contribution in [2.24, 2.45) is 0 Å². The molecular weight excluding hydrogens is 406 g/mol. The molecule has 7 heteroatoms. The van der Waals surface area contributed by atoms with E-state index in [9.17, 15) is 9.59 Å². The summed E-state index contributed by atoms with van der Waals surface area (Å²) in [6, 6.07) is 23.1. The van der Waals surface area contributed by atoms with Gasteiger partial charge in [-0.1, -0.05) is 47.6 Å². The highest BCUT2D eigenvalue weighted by Gasteiger charge is 2.21. The fourth-order valence-corrected chi connectivity index (χ4v) is 3.27. The van der Waals surface area contributed by atoms with Gasteiger partial charge in [-0.25, -0.2) is 0 Å². The molecule has 0 bridgehead atoms. The van der Waals surface area contributed by atoms with E-state index in [1.54, 1.807) is 50.4 Å². The van der Waals surface area contributed by atoms with E-state index in [0.29, 0.717) is 39.7 Å². The number of hydrogen-bond acceptors (Lipinski definition) is 5. The highest BCUT2D eigenvalue weighted by Crippen LogP contribution is 2.26. The van der Waals surface area contributed by atoms with Crippen LogP contribution in [0.4, 0.5) is 11.4 Å². The molecule has 0 fully saturated rings. The van der Waals surface area contributed by atoms with Crippen molar-refractivity contribution in [3.05, 3.63) is 95.7 Å². The zero-order valence-corrected chi connectivity index (χ0v) is 17.6. The molecule has 32 heavy (non-hydrogen) atoms. The molecule has 1 aromatic heterocycles. The van der Waals surface area contributed by atoms with Crippen LogP contribution in [0.25, 0.3) is 11.3 Å². The number of aromatic nitrogens is 1. The Morgan fingerprint density at radius 1 is 0.844 bits per heavy atom. The number of rotatable bonds is 6. The van der Waals surface area contributed by atoms with E-state index < -0.39 is 0 Å². The second-order valence-electron chi connectivity index (χ2n) is 7.01. The Hall–Kier alpha value is -4.39. The van der Waals surface area contributed by atoms with Crippen LogP contribution in [0, 0.1) is 6.92 Å². The fraction of sp³-hybridized carbons (Fsp3) is 0.0800. The zero-order chi connectivity index (χ0) is 22.5. The predicted molar refractivity (Wildman–Crippen MR) is 122 cm³/mol. The molecule has 0 radical (unpaired) electrons. The maximum absolute atomic E-state index is 12.9. The lowest BCUT2D eigenvalue weighted by Crippen LogP contribution is -2.15. The standard InChI is InChI=1S/C25H21N3O4/c1-16-22(23(28-32-16)17-8-4-3-5-9-17)25(30)26-19-14-12-18(13-15-19)24(29)27-20-10-6-7-11-21(20)31-2/h3-15H,1-2H3,(H,26,30)(H,27,29). The number of nitrogens with one attached hydrogen (secondary N) is 2. The zero-order valence-electron chi connectivity index (χ0n) is 17.6. The molecule has 0 unspecified atom stereocenters. The Kier molecular flexibility index (Phi) is 5.98. The van der Waals surface area contributed by atoms with E-state index in [-0.39, 0.29) is 11.8 Å². The third kappa shape index (κ3) is 4.37. The summed E-state index contributed by atoms with van der Waals surface area (Å²) in [6.45, 7) is 1.69. The molecule has 4 aromatic rings. The average Bonchev–Trinajstić information content (AvgIpc) is 3.22. The van der Waals surface area contributed by atoms with Gasteiger partial charge in [0.1, 0.15) is 22.8 Å². The largest absolute Gasteiger partial charge is 0.495 e. The van der Waals surface area contributed by atoms with E-state index in [4.69, 9.17) is 9.26 Å². The van der Waals surface area contributed by atoms with Crippen LogP contribution in [0.1, 0.15) is 26.5 Å². The summed E-state index contributed by atoms with van der Waals surface area (Å²) in [5.41, 5.74) is 3.21. The lowest BCUT2D eigenvalue weighted by Gasteiger charge is -2.10. The molecule has 0 aliphatic rings. The van der Waals surface area contributed by atoms with Crippen LogP contribution in [0.3, 0.4) is 0 Å². The van der Waals surface area contributed by atoms with E-state index in [2.05, 4.69) is 15.8 Å². The topological polar surface area (TPSA) is 93.5 Å². The predicted octanol–water partition coefficient (Wildman–Crippen LogP) is 5.16. The number of ether oxygens (including phenoxy) is 1. The highest BCUT2D eigenvalue weighted by molar-refractivity contribution is 6.09. The second kappa shape index (κ2) is 9.18. The maximum Gasteiger partial charge on any atom is 0.261 e. The van der Waals surface area contributed by atoms with Crippen LogP contribution in [-0.4, -0.2) is 24.1 Å². The lowest BCUT2D eigenvalue weighted by molar-refractivity contribution is 0.101. The molecule has 0 aliphatic carbocycles. The average molecular weight is 427 g/mol. The summed E-state index contributed by atoms with van der Waals surface area (Å²) in [4.78, 5) is 25.5. The first-order chi connectivity index (χ1) is 15.6. The third-order valence-electron chi connectivity index (χ3n) is 4.90. The SMILES string of the molecule is COc1ccccc1NC(=O)c1ccc(NC(=O)c2c(-c3ccccc3)noc2C)cc1. The van der Waals surface area contributed by atoms with Crippen molar-refractivity contribution in [1.29, 1.82) is 0 Å². The first-order valence-corrected chi connectivity index (χ1v) is 9.94. The maximum atomic E-state index is 12.9. The summed E-state index contributed by atoms with van der Waals surface area (Å²) in [5, 5.41) is 9.70. The monoisotopic (exact) mass is 427 g/mol. The number of aryl methyl sites for hydroxylation is 1. The van der Waals surface area contributed by atoms with Crippen LogP contribution in [-0.2, 0) is 0 Å². The van der Waals surface area contributed by atoms with Gasteiger partial charge in [-0.3, -0.25) is 9.59 Å². The van der Waals surface area contributed by atoms with Crippen LogP contribution < -0.4 is 15.4 Å². The molecule has 1 heterocycles. The number of carbonyl (C=O) groups is 2. The molecule has 0 saturated heterocycles. The summed E-state index contributed by atoms with van der Waals surface area (Å²) >= 11 is 0. The second-order valence-corrected chi connectivity index (χ2v) is 7.01. The van der Waals surface area contributed by atoms with Crippen LogP contribution in [0.2, 0.25) is 0 Å². The van der Waals surface area contributed by atoms with Crippen molar-refractivity contribution >= 4 is 23.2 Å². The summed E-state index contributed by atoms with van der Waals surface area (Å²) in [5.74, 6) is 0.375. The fourth-order valence-electron chi connectivity index (χ4n) is 3.27. The van der Waals surface area contributed by atoms with Gasteiger partial charge < -0.3 is 19.9 Å². The van der Waals surface area contributed by atoms with Crippen molar-refractivity contribution in [3.63, 3.8) is 0 Å². The molecule has 0 spiro atoms. The van der Waals surface area contributed by atoms with Gasteiger partial charge in [-0.15, -0.1) is 0 Å². The first kappa shape index (κ1) is 20.9. The number of methoxy groups -OCH3 is 1. The Morgan fingerprint density at radius 3 is 2.25 bits per heavy atom. The number of benzene rings is 3. The normalized spacial score (nSPS) is 10.4. The molecule has 2 amide bonds. The van der Waals surface area contributed by atoms with Gasteiger partial charge in [0.25, 0.3) is 11.8 Å². The number of nitrogens with zero attached hydrogens (tertiary/aromatic N) is 1. The van der Waals surface area contributed by atoms with Gasteiger partial charge in [0.05, 0.1) is 12.8 Å². The molecule has 7 nitrogen and oxygen atoms in total. The van der Waals surface area contributed by atoms with Crippen molar-refractivity contribution in [1.82, 2.24) is 5.16 Å². The van der Waals surface area contributed by atoms with Gasteiger partial charge in [-0.05, 0) is 43.3 Å². The smallest absolute Gasteiger partial charge is 0.261 e. The van der Waals surface area contributed by atoms with E-state index in [1.807, 2.05) is 42.5 Å². The van der Waals surface area contributed by atoms with Gasteiger partial charge in [0.15, 0.2) is 0 Å². The number of para-hydroxylation sites is 2. The molecule has 2 N–H and O–H groups in total. The molecule has 160 valence electrons. The Labute approximate surface area is 185 Å². The Bertz CT molecular complexity index is 1250. The number of anilines is 2. The molecular formula is C25H21N3O4. The molecule has 0 saturated carbocycles. The number of amides is 2.